The Morgan fingerprint density at radius 1 is 1.47 bits per heavy atom. The maximum atomic E-state index is 12.8. The summed E-state index contributed by atoms with van der Waals surface area (Å²) in [6.07, 6.45) is -0.523. The number of benzene rings is 1. The Hall–Kier alpha value is -0.650. The predicted molar refractivity (Wildman–Crippen MR) is 55.8 cm³/mol. The first-order valence-corrected chi connectivity index (χ1v) is 6.48. The molecule has 0 amide bonds. The van der Waals surface area contributed by atoms with Gasteiger partial charge in [0.15, 0.2) is 14.5 Å². The zero-order chi connectivity index (χ0) is 11.6. The molecule has 15 heavy (non-hydrogen) atoms. The number of halogens is 2. The van der Waals surface area contributed by atoms with E-state index in [1.165, 1.54) is 18.2 Å². The minimum absolute atomic E-state index is 0.139. The van der Waals surface area contributed by atoms with Gasteiger partial charge >= 0.3 is 0 Å². The molecule has 0 bridgehead atoms. The largest absolute Gasteiger partial charge is 0.386 e. The van der Waals surface area contributed by atoms with Gasteiger partial charge in [0.25, 0.3) is 0 Å². The summed E-state index contributed by atoms with van der Waals surface area (Å²) in [6, 6.07) is 5.03. The highest BCUT2D eigenvalue weighted by atomic mass is 35.5. The van der Waals surface area contributed by atoms with Crippen molar-refractivity contribution in [3.8, 4) is 0 Å². The van der Waals surface area contributed by atoms with Crippen molar-refractivity contribution in [2.75, 3.05) is 6.26 Å². The van der Waals surface area contributed by atoms with Crippen molar-refractivity contribution in [3.05, 3.63) is 35.6 Å². The molecule has 0 spiro atoms. The number of hydrogen-bond donors (Lipinski definition) is 1. The second kappa shape index (κ2) is 4.47. The summed E-state index contributed by atoms with van der Waals surface area (Å²) in [7, 11) is -3.57. The Morgan fingerprint density at radius 3 is 2.53 bits per heavy atom. The molecule has 1 aromatic carbocycles. The number of hydrogen-bond acceptors (Lipinski definition) is 3. The molecule has 0 aliphatic rings. The highest BCUT2D eigenvalue weighted by Crippen LogP contribution is 2.24. The highest BCUT2D eigenvalue weighted by molar-refractivity contribution is 7.92. The van der Waals surface area contributed by atoms with Crippen LogP contribution in [0.5, 0.6) is 0 Å². The van der Waals surface area contributed by atoms with Gasteiger partial charge in [0.2, 0.25) is 0 Å². The second-order valence-electron chi connectivity index (χ2n) is 3.18. The molecule has 0 unspecified atom stereocenters. The third kappa shape index (κ3) is 3.15. The fourth-order valence-electron chi connectivity index (χ4n) is 1.08. The lowest BCUT2D eigenvalue weighted by Gasteiger charge is -2.15. The van der Waals surface area contributed by atoms with E-state index in [9.17, 15) is 17.9 Å². The van der Waals surface area contributed by atoms with Gasteiger partial charge in [-0.3, -0.25) is 0 Å². The van der Waals surface area contributed by atoms with Gasteiger partial charge in [-0.25, -0.2) is 12.8 Å². The first kappa shape index (κ1) is 12.4. The molecule has 1 rings (SSSR count). The van der Waals surface area contributed by atoms with Crippen LogP contribution in [0.4, 0.5) is 4.39 Å². The summed E-state index contributed by atoms with van der Waals surface area (Å²) >= 11 is 5.53. The van der Waals surface area contributed by atoms with Crippen LogP contribution in [0.25, 0.3) is 0 Å². The average molecular weight is 253 g/mol. The molecule has 0 radical (unpaired) electrons. The molecule has 0 heterocycles. The van der Waals surface area contributed by atoms with Gasteiger partial charge in [0.1, 0.15) is 11.9 Å². The van der Waals surface area contributed by atoms with Gasteiger partial charge in [-0.2, -0.15) is 0 Å². The van der Waals surface area contributed by atoms with Crippen LogP contribution >= 0.6 is 11.6 Å². The molecule has 1 N–H and O–H groups in total. The first-order chi connectivity index (χ1) is 6.82. The maximum Gasteiger partial charge on any atom is 0.167 e. The number of aliphatic hydroxyl groups is 1. The van der Waals surface area contributed by atoms with Gasteiger partial charge in [0.05, 0.1) is 0 Å². The van der Waals surface area contributed by atoms with Crippen LogP contribution in [-0.2, 0) is 9.84 Å². The summed E-state index contributed by atoms with van der Waals surface area (Å²) in [5.74, 6) is -0.552. The smallest absolute Gasteiger partial charge is 0.167 e. The minimum Gasteiger partial charge on any atom is -0.386 e. The molecule has 6 heteroatoms. The molecule has 0 saturated carbocycles. The fraction of sp³-hybridized carbons (Fsp3) is 0.333. The second-order valence-corrected chi connectivity index (χ2v) is 6.08. The predicted octanol–water partition coefficient (Wildman–Crippen LogP) is 1.47. The third-order valence-corrected chi connectivity index (χ3v) is 4.13. The van der Waals surface area contributed by atoms with Gasteiger partial charge in [-0.15, -0.1) is 11.6 Å². The van der Waals surface area contributed by atoms with Crippen LogP contribution in [0, 0.1) is 5.82 Å². The minimum atomic E-state index is -3.57. The lowest BCUT2D eigenvalue weighted by Crippen LogP contribution is -2.21. The molecule has 0 aliphatic heterocycles. The number of aliphatic hydroxyl groups excluding tert-OH is 1. The van der Waals surface area contributed by atoms with E-state index in [1.54, 1.807) is 0 Å². The van der Waals surface area contributed by atoms with Crippen molar-refractivity contribution in [3.63, 3.8) is 0 Å². The van der Waals surface area contributed by atoms with E-state index in [2.05, 4.69) is 0 Å². The molecular formula is C9H10ClFO3S. The summed E-state index contributed by atoms with van der Waals surface area (Å²) < 4.78 is 33.4. The molecular weight excluding hydrogens is 243 g/mol. The summed E-state index contributed by atoms with van der Waals surface area (Å²) in [6.45, 7) is 0. The van der Waals surface area contributed by atoms with Crippen molar-refractivity contribution in [2.45, 2.75) is 10.8 Å². The van der Waals surface area contributed by atoms with Crippen LogP contribution < -0.4 is 0 Å². The third-order valence-electron chi connectivity index (χ3n) is 1.85. The molecule has 1 aromatic rings. The number of sulfone groups is 1. The van der Waals surface area contributed by atoms with Crippen LogP contribution in [-0.4, -0.2) is 24.5 Å². The molecule has 84 valence electrons. The standard InChI is InChI=1S/C9H10ClFO3S/c1-15(13,14)9(10)8(12)6-3-2-4-7(11)5-6/h2-5,8-9,12H,1H3/t8-,9+/m1/s1. The van der Waals surface area contributed by atoms with Gasteiger partial charge < -0.3 is 5.11 Å². The number of rotatable bonds is 3. The Kier molecular flexibility index (Phi) is 3.70. The SMILES string of the molecule is CS(=O)(=O)[C@H](Cl)[C@H](O)c1cccc(F)c1. The van der Waals surface area contributed by atoms with Crippen LogP contribution in [0.3, 0.4) is 0 Å². The zero-order valence-electron chi connectivity index (χ0n) is 7.89. The van der Waals surface area contributed by atoms with Crippen LogP contribution in [0.1, 0.15) is 11.7 Å². The zero-order valence-corrected chi connectivity index (χ0v) is 9.46. The van der Waals surface area contributed by atoms with Crippen LogP contribution in [0.2, 0.25) is 0 Å². The first-order valence-electron chi connectivity index (χ1n) is 4.09. The van der Waals surface area contributed by atoms with Crippen molar-refractivity contribution in [1.29, 1.82) is 0 Å². The van der Waals surface area contributed by atoms with Gasteiger partial charge in [-0.1, -0.05) is 12.1 Å². The van der Waals surface area contributed by atoms with E-state index in [1.807, 2.05) is 0 Å². The molecule has 3 nitrogen and oxygen atoms in total. The lowest BCUT2D eigenvalue weighted by atomic mass is 10.1. The number of alkyl halides is 1. The Balaban J connectivity index is 3.00. The molecule has 0 fully saturated rings. The topological polar surface area (TPSA) is 54.4 Å². The van der Waals surface area contributed by atoms with Crippen molar-refractivity contribution in [1.82, 2.24) is 0 Å². The van der Waals surface area contributed by atoms with Gasteiger partial charge in [-0.05, 0) is 17.7 Å². The molecule has 0 aliphatic carbocycles. The van der Waals surface area contributed by atoms with E-state index in [0.717, 1.165) is 12.3 Å². The Bertz CT molecular complexity index is 446. The Morgan fingerprint density at radius 2 is 2.07 bits per heavy atom. The van der Waals surface area contributed by atoms with Crippen LogP contribution in [0.15, 0.2) is 24.3 Å². The monoisotopic (exact) mass is 252 g/mol. The molecule has 2 atom stereocenters. The van der Waals surface area contributed by atoms with Crippen molar-refractivity contribution >= 4 is 21.4 Å². The van der Waals surface area contributed by atoms with Crippen molar-refractivity contribution < 1.29 is 17.9 Å². The van der Waals surface area contributed by atoms with E-state index in [4.69, 9.17) is 11.6 Å². The van der Waals surface area contributed by atoms with E-state index in [-0.39, 0.29) is 5.56 Å². The maximum absolute atomic E-state index is 12.8. The molecule has 0 saturated heterocycles. The fourth-order valence-corrected chi connectivity index (χ4v) is 1.85. The van der Waals surface area contributed by atoms with Crippen molar-refractivity contribution in [2.24, 2.45) is 0 Å². The van der Waals surface area contributed by atoms with E-state index in [0.29, 0.717) is 0 Å². The van der Waals surface area contributed by atoms with E-state index >= 15 is 0 Å². The van der Waals surface area contributed by atoms with Gasteiger partial charge in [0, 0.05) is 6.26 Å². The summed E-state index contributed by atoms with van der Waals surface area (Å²) in [5, 5.41) is 9.57. The summed E-state index contributed by atoms with van der Waals surface area (Å²) in [5.41, 5.74) is 0.139. The highest BCUT2D eigenvalue weighted by Gasteiger charge is 2.27. The molecule has 0 aromatic heterocycles. The summed E-state index contributed by atoms with van der Waals surface area (Å²) in [4.78, 5) is 0. The van der Waals surface area contributed by atoms with E-state index < -0.39 is 26.5 Å². The quantitative estimate of drug-likeness (QED) is 0.829. The average Bonchev–Trinajstić information content (AvgIpc) is 2.14. The Labute approximate surface area is 92.4 Å². The lowest BCUT2D eigenvalue weighted by molar-refractivity contribution is 0.191. The normalized spacial score (nSPS) is 16.0.